The van der Waals surface area contributed by atoms with Gasteiger partial charge < -0.3 is 9.32 Å². The monoisotopic (exact) mass is 619 g/mol. The third-order valence-electron chi connectivity index (χ3n) is 9.46. The van der Waals surface area contributed by atoms with Crippen LogP contribution in [0.1, 0.15) is 25.0 Å². The molecule has 0 saturated heterocycles. The molecule has 0 saturated carbocycles. The predicted octanol–water partition coefficient (Wildman–Crippen LogP) is 13.2. The Bertz CT molecular complexity index is 2350. The van der Waals surface area contributed by atoms with Gasteiger partial charge in [0.1, 0.15) is 11.2 Å². The number of anilines is 3. The normalized spacial score (nSPS) is 11.3. The maximum atomic E-state index is 6.30. The van der Waals surface area contributed by atoms with Crippen molar-refractivity contribution in [2.24, 2.45) is 0 Å². The van der Waals surface area contributed by atoms with Crippen molar-refractivity contribution in [3.63, 3.8) is 0 Å². The van der Waals surface area contributed by atoms with Crippen LogP contribution in [-0.2, 0) is 12.8 Å². The number of rotatable bonds is 8. The summed E-state index contributed by atoms with van der Waals surface area (Å²) in [5.74, 6) is 0. The molecule has 1 aromatic heterocycles. The van der Waals surface area contributed by atoms with E-state index in [-0.39, 0.29) is 0 Å². The Morgan fingerprint density at radius 3 is 1.81 bits per heavy atom. The summed E-state index contributed by atoms with van der Waals surface area (Å²) < 4.78 is 6.30. The highest BCUT2D eigenvalue weighted by Crippen LogP contribution is 2.44. The minimum absolute atomic E-state index is 0.885. The van der Waals surface area contributed by atoms with Crippen molar-refractivity contribution in [2.75, 3.05) is 4.90 Å². The Morgan fingerprint density at radius 2 is 1.08 bits per heavy atom. The zero-order valence-corrected chi connectivity index (χ0v) is 27.4. The number of fused-ring (bicyclic) bond motifs is 3. The molecule has 0 aliphatic rings. The standard InChI is InChI=1S/C46H37NO/c1-3-32-30-46-43(41-21-11-12-24-45(41)48-46)31-42(32)40-22-14-23-44(39(40)4-2)47(37-27-25-35(26-28-37)33-15-7-5-8-16-33)38-20-13-19-36(29-38)34-17-9-6-10-18-34/h5-31H,3-4H2,1-2H3. The summed E-state index contributed by atoms with van der Waals surface area (Å²) in [7, 11) is 0. The number of benzene rings is 7. The van der Waals surface area contributed by atoms with Crippen molar-refractivity contribution in [1.82, 2.24) is 0 Å². The third kappa shape index (κ3) is 5.36. The largest absolute Gasteiger partial charge is 0.456 e. The smallest absolute Gasteiger partial charge is 0.135 e. The number of hydrogen-bond acceptors (Lipinski definition) is 2. The Labute approximate surface area is 282 Å². The highest BCUT2D eigenvalue weighted by molar-refractivity contribution is 6.07. The van der Waals surface area contributed by atoms with Crippen LogP contribution in [0.4, 0.5) is 17.1 Å². The highest BCUT2D eigenvalue weighted by atomic mass is 16.3. The molecule has 7 aromatic carbocycles. The molecule has 2 heteroatoms. The van der Waals surface area contributed by atoms with Gasteiger partial charge in [0, 0.05) is 27.8 Å². The summed E-state index contributed by atoms with van der Waals surface area (Å²) >= 11 is 0. The van der Waals surface area contributed by atoms with Crippen molar-refractivity contribution < 1.29 is 4.42 Å². The van der Waals surface area contributed by atoms with Gasteiger partial charge in [-0.3, -0.25) is 0 Å². The first-order valence-electron chi connectivity index (χ1n) is 16.9. The number of hydrogen-bond donors (Lipinski definition) is 0. The Kier molecular flexibility index (Phi) is 7.84. The molecule has 8 rings (SSSR count). The topological polar surface area (TPSA) is 16.4 Å². The average molecular weight is 620 g/mol. The van der Waals surface area contributed by atoms with E-state index >= 15 is 0 Å². The van der Waals surface area contributed by atoms with Crippen LogP contribution < -0.4 is 4.90 Å². The van der Waals surface area contributed by atoms with Crippen LogP contribution >= 0.6 is 0 Å². The van der Waals surface area contributed by atoms with Crippen molar-refractivity contribution in [1.29, 1.82) is 0 Å². The van der Waals surface area contributed by atoms with Crippen molar-refractivity contribution in [2.45, 2.75) is 26.7 Å². The van der Waals surface area contributed by atoms with Crippen LogP contribution in [0.15, 0.2) is 168 Å². The van der Waals surface area contributed by atoms with Gasteiger partial charge in [0.2, 0.25) is 0 Å². The molecule has 0 aliphatic heterocycles. The highest BCUT2D eigenvalue weighted by Gasteiger charge is 2.21. The summed E-state index contributed by atoms with van der Waals surface area (Å²) in [6, 6.07) is 58.9. The molecular formula is C46H37NO. The van der Waals surface area contributed by atoms with Gasteiger partial charge in [-0.25, -0.2) is 0 Å². The van der Waals surface area contributed by atoms with Crippen molar-refractivity contribution in [3.05, 3.63) is 175 Å². The van der Waals surface area contributed by atoms with Crippen molar-refractivity contribution in [3.8, 4) is 33.4 Å². The third-order valence-corrected chi connectivity index (χ3v) is 9.46. The lowest BCUT2D eigenvalue weighted by Gasteiger charge is -2.29. The van der Waals surface area contributed by atoms with Crippen LogP contribution in [0.25, 0.3) is 55.3 Å². The van der Waals surface area contributed by atoms with E-state index in [1.807, 2.05) is 6.07 Å². The van der Waals surface area contributed by atoms with E-state index in [1.165, 1.54) is 50.2 Å². The second-order valence-electron chi connectivity index (χ2n) is 12.3. The summed E-state index contributed by atoms with van der Waals surface area (Å²) in [4.78, 5) is 2.43. The second-order valence-corrected chi connectivity index (χ2v) is 12.3. The van der Waals surface area contributed by atoms with Gasteiger partial charge in [-0.05, 0) is 106 Å². The van der Waals surface area contributed by atoms with E-state index in [9.17, 15) is 0 Å². The second kappa shape index (κ2) is 12.7. The first-order chi connectivity index (χ1) is 23.7. The summed E-state index contributed by atoms with van der Waals surface area (Å²) in [6.45, 7) is 4.51. The van der Waals surface area contributed by atoms with Gasteiger partial charge in [0.25, 0.3) is 0 Å². The average Bonchev–Trinajstić information content (AvgIpc) is 3.53. The molecule has 1 heterocycles. The van der Waals surface area contributed by atoms with Gasteiger partial charge in [-0.1, -0.05) is 129 Å². The van der Waals surface area contributed by atoms with E-state index < -0.39 is 0 Å². The molecule has 8 aromatic rings. The summed E-state index contributed by atoms with van der Waals surface area (Å²) in [6.07, 6.45) is 1.80. The van der Waals surface area contributed by atoms with E-state index in [0.717, 1.165) is 46.2 Å². The first kappa shape index (κ1) is 29.5. The number of aryl methyl sites for hydroxylation is 1. The van der Waals surface area contributed by atoms with E-state index in [1.54, 1.807) is 0 Å². The molecule has 232 valence electrons. The molecule has 2 nitrogen and oxygen atoms in total. The van der Waals surface area contributed by atoms with E-state index in [2.05, 4.69) is 176 Å². The fourth-order valence-electron chi connectivity index (χ4n) is 7.08. The molecule has 0 N–H and O–H groups in total. The maximum absolute atomic E-state index is 6.30. The fraction of sp³-hybridized carbons (Fsp3) is 0.0870. The fourth-order valence-corrected chi connectivity index (χ4v) is 7.08. The Hall–Kier alpha value is -5.86. The zero-order valence-electron chi connectivity index (χ0n) is 27.4. The molecule has 0 bridgehead atoms. The molecule has 0 fully saturated rings. The first-order valence-corrected chi connectivity index (χ1v) is 16.9. The predicted molar refractivity (Wildman–Crippen MR) is 203 cm³/mol. The van der Waals surface area contributed by atoms with Gasteiger partial charge in [-0.15, -0.1) is 0 Å². The van der Waals surface area contributed by atoms with E-state index in [4.69, 9.17) is 4.42 Å². The molecular weight excluding hydrogens is 583 g/mol. The van der Waals surface area contributed by atoms with Gasteiger partial charge >= 0.3 is 0 Å². The van der Waals surface area contributed by atoms with Crippen LogP contribution in [0.2, 0.25) is 0 Å². The Morgan fingerprint density at radius 1 is 0.438 bits per heavy atom. The van der Waals surface area contributed by atoms with Crippen LogP contribution in [-0.4, -0.2) is 0 Å². The zero-order chi connectivity index (χ0) is 32.5. The van der Waals surface area contributed by atoms with Crippen LogP contribution in [0, 0.1) is 0 Å². The SMILES string of the molecule is CCc1cc2oc3ccccc3c2cc1-c1cccc(N(c2ccc(-c3ccccc3)cc2)c2cccc(-c3ccccc3)c2)c1CC. The van der Waals surface area contributed by atoms with Gasteiger partial charge in [-0.2, -0.15) is 0 Å². The molecule has 0 unspecified atom stereocenters. The molecule has 0 spiro atoms. The number of para-hydroxylation sites is 1. The quantitative estimate of drug-likeness (QED) is 0.168. The minimum Gasteiger partial charge on any atom is -0.456 e. The van der Waals surface area contributed by atoms with Gasteiger partial charge in [0.05, 0.1) is 0 Å². The summed E-state index contributed by atoms with van der Waals surface area (Å²) in [5.41, 5.74) is 15.3. The van der Waals surface area contributed by atoms with Crippen LogP contribution in [0.5, 0.6) is 0 Å². The number of furan rings is 1. The van der Waals surface area contributed by atoms with Crippen molar-refractivity contribution >= 4 is 39.0 Å². The lowest BCUT2D eigenvalue weighted by Crippen LogP contribution is -2.13. The molecule has 0 radical (unpaired) electrons. The van der Waals surface area contributed by atoms with Crippen LogP contribution in [0.3, 0.4) is 0 Å². The summed E-state index contributed by atoms with van der Waals surface area (Å²) in [5, 5.41) is 2.32. The molecule has 0 amide bonds. The number of nitrogens with zero attached hydrogens (tertiary/aromatic N) is 1. The Balaban J connectivity index is 1.33. The van der Waals surface area contributed by atoms with Gasteiger partial charge in [0.15, 0.2) is 0 Å². The molecule has 0 aliphatic carbocycles. The lowest BCUT2D eigenvalue weighted by molar-refractivity contribution is 0.668. The molecule has 48 heavy (non-hydrogen) atoms. The van der Waals surface area contributed by atoms with E-state index in [0.29, 0.717) is 0 Å². The maximum Gasteiger partial charge on any atom is 0.135 e. The molecule has 0 atom stereocenters. The lowest BCUT2D eigenvalue weighted by atomic mass is 9.90. The minimum atomic E-state index is 0.885.